The molecule has 17 heavy (non-hydrogen) atoms. The molecule has 1 rings (SSSR count). The monoisotopic (exact) mass is 321 g/mol. The number of hydrogen-bond donors (Lipinski definition) is 1. The van der Waals surface area contributed by atoms with Gasteiger partial charge in [0.2, 0.25) is 0 Å². The van der Waals surface area contributed by atoms with Crippen molar-refractivity contribution < 1.29 is 9.47 Å². The van der Waals surface area contributed by atoms with Crippen molar-refractivity contribution in [3.63, 3.8) is 0 Å². The van der Waals surface area contributed by atoms with Gasteiger partial charge in [-0.05, 0) is 23.8 Å². The molecule has 5 heteroatoms. The van der Waals surface area contributed by atoms with Crippen LogP contribution in [0.4, 0.5) is 0 Å². The second-order valence-electron chi connectivity index (χ2n) is 3.68. The number of methoxy groups -OCH3 is 2. The van der Waals surface area contributed by atoms with E-state index in [9.17, 15) is 0 Å². The van der Waals surface area contributed by atoms with E-state index in [1.807, 2.05) is 18.2 Å². The van der Waals surface area contributed by atoms with E-state index in [2.05, 4.69) is 21.2 Å². The van der Waals surface area contributed by atoms with Gasteiger partial charge in [-0.25, -0.2) is 0 Å². The first-order valence-electron chi connectivity index (χ1n) is 5.33. The van der Waals surface area contributed by atoms with Gasteiger partial charge < -0.3 is 14.8 Å². The van der Waals surface area contributed by atoms with Gasteiger partial charge in [0.15, 0.2) is 0 Å². The summed E-state index contributed by atoms with van der Waals surface area (Å²) in [6.45, 7) is 2.06. The fourth-order valence-corrected chi connectivity index (χ4v) is 2.02. The molecule has 0 aliphatic rings. The van der Waals surface area contributed by atoms with Crippen molar-refractivity contribution in [3.8, 4) is 0 Å². The van der Waals surface area contributed by atoms with Crippen LogP contribution in [0.3, 0.4) is 0 Å². The summed E-state index contributed by atoms with van der Waals surface area (Å²) in [4.78, 5) is 0. The molecular weight excluding hydrogens is 305 g/mol. The SMILES string of the molecule is COCC(CNCc1cc(Cl)ccc1Br)OC. The second-order valence-corrected chi connectivity index (χ2v) is 4.97. The summed E-state index contributed by atoms with van der Waals surface area (Å²) >= 11 is 9.43. The molecule has 0 radical (unpaired) electrons. The van der Waals surface area contributed by atoms with Crippen molar-refractivity contribution in [3.05, 3.63) is 33.3 Å². The minimum Gasteiger partial charge on any atom is -0.382 e. The standard InChI is InChI=1S/C12H17BrClNO2/c1-16-8-11(17-2)7-15-6-9-5-10(14)3-4-12(9)13/h3-5,11,15H,6-8H2,1-2H3. The highest BCUT2D eigenvalue weighted by atomic mass is 79.9. The van der Waals surface area contributed by atoms with E-state index in [1.54, 1.807) is 14.2 Å². The Bertz CT molecular complexity index is 349. The maximum absolute atomic E-state index is 5.94. The molecule has 0 spiro atoms. The minimum absolute atomic E-state index is 0.0676. The maximum Gasteiger partial charge on any atom is 0.0928 e. The van der Waals surface area contributed by atoms with Gasteiger partial charge in [0.05, 0.1) is 12.7 Å². The Labute approximate surface area is 116 Å². The van der Waals surface area contributed by atoms with Crippen LogP contribution in [0.15, 0.2) is 22.7 Å². The Morgan fingerprint density at radius 1 is 1.41 bits per heavy atom. The normalized spacial score (nSPS) is 12.7. The maximum atomic E-state index is 5.94. The molecule has 1 aromatic carbocycles. The molecule has 0 amide bonds. The molecule has 1 unspecified atom stereocenters. The molecule has 0 aliphatic carbocycles. The Morgan fingerprint density at radius 3 is 2.82 bits per heavy atom. The third kappa shape index (κ3) is 5.36. The van der Waals surface area contributed by atoms with Crippen LogP contribution in [-0.4, -0.2) is 33.5 Å². The van der Waals surface area contributed by atoms with E-state index in [4.69, 9.17) is 21.1 Å². The first kappa shape index (κ1) is 14.9. The van der Waals surface area contributed by atoms with Gasteiger partial charge in [-0.3, -0.25) is 0 Å². The van der Waals surface area contributed by atoms with Crippen LogP contribution >= 0.6 is 27.5 Å². The Hall–Kier alpha value is -0.130. The summed E-state index contributed by atoms with van der Waals surface area (Å²) in [5, 5.41) is 4.05. The summed E-state index contributed by atoms with van der Waals surface area (Å²) in [6, 6.07) is 5.75. The Kier molecular flexibility index (Phi) is 7.08. The summed E-state index contributed by atoms with van der Waals surface area (Å²) < 4.78 is 11.4. The largest absolute Gasteiger partial charge is 0.382 e. The van der Waals surface area contributed by atoms with Crippen molar-refractivity contribution in [2.24, 2.45) is 0 Å². The lowest BCUT2D eigenvalue weighted by molar-refractivity contribution is 0.0288. The van der Waals surface area contributed by atoms with E-state index in [1.165, 1.54) is 0 Å². The second kappa shape index (κ2) is 8.06. The molecule has 0 saturated heterocycles. The third-order valence-electron chi connectivity index (χ3n) is 2.38. The number of benzene rings is 1. The summed E-state index contributed by atoms with van der Waals surface area (Å²) in [7, 11) is 3.35. The molecule has 3 nitrogen and oxygen atoms in total. The van der Waals surface area contributed by atoms with E-state index < -0.39 is 0 Å². The van der Waals surface area contributed by atoms with E-state index in [-0.39, 0.29) is 6.10 Å². The quantitative estimate of drug-likeness (QED) is 0.837. The highest BCUT2D eigenvalue weighted by Gasteiger charge is 2.07. The van der Waals surface area contributed by atoms with Crippen LogP contribution in [0.1, 0.15) is 5.56 Å². The van der Waals surface area contributed by atoms with Crippen molar-refractivity contribution >= 4 is 27.5 Å². The lowest BCUT2D eigenvalue weighted by Gasteiger charge is -2.15. The molecule has 0 aromatic heterocycles. The van der Waals surface area contributed by atoms with Gasteiger partial charge in [0.1, 0.15) is 0 Å². The van der Waals surface area contributed by atoms with Crippen molar-refractivity contribution in [2.45, 2.75) is 12.6 Å². The zero-order chi connectivity index (χ0) is 12.7. The first-order chi connectivity index (χ1) is 8.17. The van der Waals surface area contributed by atoms with E-state index in [0.29, 0.717) is 6.61 Å². The van der Waals surface area contributed by atoms with Gasteiger partial charge >= 0.3 is 0 Å². The Morgan fingerprint density at radius 2 is 2.18 bits per heavy atom. The van der Waals surface area contributed by atoms with Crippen molar-refractivity contribution in [1.29, 1.82) is 0 Å². The number of nitrogens with one attached hydrogen (secondary N) is 1. The van der Waals surface area contributed by atoms with Gasteiger partial charge in [0, 0.05) is 36.8 Å². The Balaban J connectivity index is 2.42. The number of halogens is 2. The number of rotatable bonds is 7. The molecule has 1 aromatic rings. The van der Waals surface area contributed by atoms with Crippen LogP contribution in [0.2, 0.25) is 5.02 Å². The average Bonchev–Trinajstić information content (AvgIpc) is 2.32. The fourth-order valence-electron chi connectivity index (χ4n) is 1.44. The first-order valence-corrected chi connectivity index (χ1v) is 6.50. The predicted octanol–water partition coefficient (Wildman–Crippen LogP) is 2.85. The van der Waals surface area contributed by atoms with Crippen molar-refractivity contribution in [2.75, 3.05) is 27.4 Å². The predicted molar refractivity (Wildman–Crippen MR) is 73.5 cm³/mol. The van der Waals surface area contributed by atoms with Crippen LogP contribution in [-0.2, 0) is 16.0 Å². The lowest BCUT2D eigenvalue weighted by atomic mass is 10.2. The van der Waals surface area contributed by atoms with E-state index >= 15 is 0 Å². The number of ether oxygens (including phenoxy) is 2. The smallest absolute Gasteiger partial charge is 0.0928 e. The van der Waals surface area contributed by atoms with E-state index in [0.717, 1.165) is 28.1 Å². The topological polar surface area (TPSA) is 30.5 Å². The van der Waals surface area contributed by atoms with Crippen molar-refractivity contribution in [1.82, 2.24) is 5.32 Å². The molecule has 0 aliphatic heterocycles. The lowest BCUT2D eigenvalue weighted by Crippen LogP contribution is -2.31. The summed E-state index contributed by atoms with van der Waals surface area (Å²) in [6.07, 6.45) is 0.0676. The zero-order valence-corrected chi connectivity index (χ0v) is 12.3. The van der Waals surface area contributed by atoms with Gasteiger partial charge in [-0.2, -0.15) is 0 Å². The highest BCUT2D eigenvalue weighted by Crippen LogP contribution is 2.20. The van der Waals surface area contributed by atoms with Gasteiger partial charge in [-0.1, -0.05) is 27.5 Å². The van der Waals surface area contributed by atoms with Crippen LogP contribution in [0.5, 0.6) is 0 Å². The molecule has 0 fully saturated rings. The molecule has 96 valence electrons. The summed E-state index contributed by atoms with van der Waals surface area (Å²) in [5.74, 6) is 0. The minimum atomic E-state index is 0.0676. The molecular formula is C12H17BrClNO2. The van der Waals surface area contributed by atoms with Crippen LogP contribution < -0.4 is 5.32 Å². The van der Waals surface area contributed by atoms with Gasteiger partial charge in [-0.15, -0.1) is 0 Å². The number of hydrogen-bond acceptors (Lipinski definition) is 3. The highest BCUT2D eigenvalue weighted by molar-refractivity contribution is 9.10. The molecule has 0 bridgehead atoms. The summed E-state index contributed by atoms with van der Waals surface area (Å²) in [5.41, 5.74) is 1.13. The molecule has 1 N–H and O–H groups in total. The molecule has 0 heterocycles. The average molecular weight is 323 g/mol. The molecule has 1 atom stereocenters. The molecule has 0 saturated carbocycles. The fraction of sp³-hybridized carbons (Fsp3) is 0.500. The third-order valence-corrected chi connectivity index (χ3v) is 3.39. The van der Waals surface area contributed by atoms with Gasteiger partial charge in [0.25, 0.3) is 0 Å². The van der Waals surface area contributed by atoms with Crippen LogP contribution in [0, 0.1) is 0 Å². The zero-order valence-electron chi connectivity index (χ0n) is 10.0. The van der Waals surface area contributed by atoms with Crippen LogP contribution in [0.25, 0.3) is 0 Å².